The molecule has 60 valence electrons. The van der Waals surface area contributed by atoms with Gasteiger partial charge in [0.15, 0.2) is 0 Å². The molecule has 1 rings (SSSR count). The van der Waals surface area contributed by atoms with E-state index < -0.39 is 0 Å². The van der Waals surface area contributed by atoms with Crippen LogP contribution in [0.25, 0.3) is 0 Å². The average molecular weight is 140 g/mol. The summed E-state index contributed by atoms with van der Waals surface area (Å²) in [5, 5.41) is 0. The summed E-state index contributed by atoms with van der Waals surface area (Å²) in [6.45, 7) is 6.93. The summed E-state index contributed by atoms with van der Waals surface area (Å²) in [6, 6.07) is 0. The second kappa shape index (κ2) is 3.80. The van der Waals surface area contributed by atoms with Gasteiger partial charge in [-0.3, -0.25) is 0 Å². The van der Waals surface area contributed by atoms with E-state index in [1.807, 2.05) is 0 Å². The fraction of sp³-hybridized carbons (Fsp3) is 0.800. The van der Waals surface area contributed by atoms with E-state index in [9.17, 15) is 0 Å². The molecule has 0 heteroatoms. The molecule has 0 nitrogen and oxygen atoms in total. The van der Waals surface area contributed by atoms with Crippen LogP contribution >= 0.6 is 0 Å². The molecule has 0 aromatic rings. The van der Waals surface area contributed by atoms with Crippen molar-refractivity contribution in [1.29, 1.82) is 0 Å². The molecule has 0 N–H and O–H groups in total. The highest BCUT2D eigenvalue weighted by Gasteiger charge is 2.15. The van der Waals surface area contributed by atoms with Crippen molar-refractivity contribution in [1.82, 2.24) is 0 Å². The van der Waals surface area contributed by atoms with E-state index in [0.29, 0.717) is 0 Å². The lowest BCUT2D eigenvalue weighted by Gasteiger charge is -2.24. The molecule has 0 spiro atoms. The van der Waals surface area contributed by atoms with Crippen LogP contribution in [-0.4, -0.2) is 0 Å². The van der Waals surface area contributed by atoms with Crippen LogP contribution in [-0.2, 0) is 0 Å². The highest BCUT2D eigenvalue weighted by atomic mass is 14.2. The Balaban J connectivity index is 0.000000810. The van der Waals surface area contributed by atoms with Gasteiger partial charge in [-0.2, -0.15) is 0 Å². The van der Waals surface area contributed by atoms with E-state index in [-0.39, 0.29) is 7.43 Å². The predicted octanol–water partition coefficient (Wildman–Crippen LogP) is 3.49. The first-order chi connectivity index (χ1) is 4.20. The minimum atomic E-state index is 0. The van der Waals surface area contributed by atoms with Crippen LogP contribution in [0.4, 0.5) is 0 Å². The summed E-state index contributed by atoms with van der Waals surface area (Å²) in [7, 11) is 0. The molecule has 0 aromatic heterocycles. The molecule has 0 amide bonds. The van der Waals surface area contributed by atoms with Gasteiger partial charge in [0.25, 0.3) is 0 Å². The first-order valence-electron chi connectivity index (χ1n) is 3.88. The van der Waals surface area contributed by atoms with Crippen molar-refractivity contribution in [2.75, 3.05) is 0 Å². The molecule has 0 aromatic carbocycles. The lowest BCUT2D eigenvalue weighted by atomic mass is 9.82. The summed E-state index contributed by atoms with van der Waals surface area (Å²) in [6.07, 6.45) is 6.06. The monoisotopic (exact) mass is 140 g/mol. The summed E-state index contributed by atoms with van der Waals surface area (Å²) >= 11 is 0. The number of rotatable bonds is 0. The lowest BCUT2D eigenvalue weighted by molar-refractivity contribution is 0.364. The summed E-state index contributed by atoms with van der Waals surface area (Å²) in [4.78, 5) is 0. The van der Waals surface area contributed by atoms with Crippen LogP contribution in [0.3, 0.4) is 0 Å². The van der Waals surface area contributed by atoms with Crippen molar-refractivity contribution in [3.8, 4) is 0 Å². The van der Waals surface area contributed by atoms with Crippen molar-refractivity contribution < 1.29 is 0 Å². The molecular formula is C10H20. The Bertz CT molecular complexity index is 113. The third kappa shape index (κ3) is 2.17. The normalized spacial score (nSPS) is 38.9. The largest absolute Gasteiger partial charge is 0.0854 e. The number of hydrogen-bond acceptors (Lipinski definition) is 0. The van der Waals surface area contributed by atoms with Gasteiger partial charge in [0.1, 0.15) is 0 Å². The predicted molar refractivity (Wildman–Crippen MR) is 48.0 cm³/mol. The topological polar surface area (TPSA) is 0 Å². The Labute approximate surface area is 65.3 Å². The zero-order chi connectivity index (χ0) is 6.85. The van der Waals surface area contributed by atoms with Gasteiger partial charge in [-0.15, -0.1) is 0 Å². The molecule has 0 aliphatic heterocycles. The summed E-state index contributed by atoms with van der Waals surface area (Å²) in [5.74, 6) is 2.52. The van der Waals surface area contributed by atoms with Gasteiger partial charge < -0.3 is 0 Å². The molecular weight excluding hydrogens is 120 g/mol. The molecule has 0 bridgehead atoms. The zero-order valence-corrected chi connectivity index (χ0v) is 6.59. The van der Waals surface area contributed by atoms with E-state index in [0.717, 1.165) is 17.8 Å². The fourth-order valence-corrected chi connectivity index (χ4v) is 1.43. The quantitative estimate of drug-likeness (QED) is 0.452. The van der Waals surface area contributed by atoms with Crippen LogP contribution in [0, 0.1) is 17.8 Å². The average Bonchev–Trinajstić information content (AvgIpc) is 1.80. The van der Waals surface area contributed by atoms with E-state index in [2.05, 4.69) is 32.9 Å². The van der Waals surface area contributed by atoms with E-state index in [4.69, 9.17) is 0 Å². The Morgan fingerprint density at radius 3 is 2.10 bits per heavy atom. The van der Waals surface area contributed by atoms with Gasteiger partial charge in [-0.1, -0.05) is 40.3 Å². The van der Waals surface area contributed by atoms with E-state index in [1.54, 1.807) is 0 Å². The molecule has 0 saturated carbocycles. The summed E-state index contributed by atoms with van der Waals surface area (Å²) in [5.41, 5.74) is 0. The molecule has 0 saturated heterocycles. The molecule has 0 fully saturated rings. The zero-order valence-electron chi connectivity index (χ0n) is 6.59. The molecule has 1 aliphatic carbocycles. The maximum Gasteiger partial charge on any atom is -0.0236 e. The van der Waals surface area contributed by atoms with Crippen molar-refractivity contribution in [3.05, 3.63) is 12.2 Å². The van der Waals surface area contributed by atoms with Crippen molar-refractivity contribution >= 4 is 0 Å². The minimum Gasteiger partial charge on any atom is -0.0854 e. The van der Waals surface area contributed by atoms with Crippen LogP contribution in [0.2, 0.25) is 0 Å². The first kappa shape index (κ1) is 9.74. The van der Waals surface area contributed by atoms with Crippen molar-refractivity contribution in [2.24, 2.45) is 17.8 Å². The fourth-order valence-electron chi connectivity index (χ4n) is 1.43. The number of hydrogen-bond donors (Lipinski definition) is 0. The maximum absolute atomic E-state index is 2.35. The van der Waals surface area contributed by atoms with Crippen molar-refractivity contribution in [3.63, 3.8) is 0 Å². The molecule has 3 atom stereocenters. The van der Waals surface area contributed by atoms with Crippen molar-refractivity contribution in [2.45, 2.75) is 34.6 Å². The Morgan fingerprint density at radius 2 is 1.70 bits per heavy atom. The molecule has 1 aliphatic rings. The van der Waals surface area contributed by atoms with Gasteiger partial charge in [-0.05, 0) is 24.2 Å². The second-order valence-corrected chi connectivity index (χ2v) is 3.43. The van der Waals surface area contributed by atoms with Crippen LogP contribution in [0.5, 0.6) is 0 Å². The molecule has 0 radical (unpaired) electrons. The van der Waals surface area contributed by atoms with Crippen LogP contribution in [0.1, 0.15) is 34.6 Å². The molecule has 0 heterocycles. The van der Waals surface area contributed by atoms with Gasteiger partial charge >= 0.3 is 0 Å². The smallest absolute Gasteiger partial charge is 0.0236 e. The minimum absolute atomic E-state index is 0. The van der Waals surface area contributed by atoms with E-state index in [1.165, 1.54) is 6.42 Å². The standard InChI is InChI=1S/C9H16.CH4/c1-7-4-5-8(2)9(3)6-7;/h4-5,7-9H,6H2,1-3H3;1H4. The van der Waals surface area contributed by atoms with E-state index >= 15 is 0 Å². The van der Waals surface area contributed by atoms with Gasteiger partial charge in [0.05, 0.1) is 0 Å². The Hall–Kier alpha value is -0.260. The molecule has 10 heavy (non-hydrogen) atoms. The molecule has 3 unspecified atom stereocenters. The highest BCUT2D eigenvalue weighted by molar-refractivity contribution is 4.97. The first-order valence-corrected chi connectivity index (χ1v) is 3.88. The third-order valence-corrected chi connectivity index (χ3v) is 2.38. The summed E-state index contributed by atoms with van der Waals surface area (Å²) < 4.78 is 0. The third-order valence-electron chi connectivity index (χ3n) is 2.38. The van der Waals surface area contributed by atoms with Gasteiger partial charge in [0.2, 0.25) is 0 Å². The Morgan fingerprint density at radius 1 is 1.10 bits per heavy atom. The van der Waals surface area contributed by atoms with Gasteiger partial charge in [0, 0.05) is 0 Å². The van der Waals surface area contributed by atoms with Crippen LogP contribution in [0.15, 0.2) is 12.2 Å². The SMILES string of the molecule is C.CC1C=CC(C)C(C)C1. The Kier molecular flexibility index (Phi) is 3.70. The maximum atomic E-state index is 2.35. The number of allylic oxidation sites excluding steroid dienone is 2. The van der Waals surface area contributed by atoms with Crippen LogP contribution < -0.4 is 0 Å². The second-order valence-electron chi connectivity index (χ2n) is 3.43. The highest BCUT2D eigenvalue weighted by Crippen LogP contribution is 2.26. The van der Waals surface area contributed by atoms with Gasteiger partial charge in [-0.25, -0.2) is 0 Å². The lowest BCUT2D eigenvalue weighted by Crippen LogP contribution is -2.13.